The molecule has 0 radical (unpaired) electrons. The molecule has 0 saturated heterocycles. The van der Waals surface area contributed by atoms with Crippen LogP contribution < -0.4 is 5.32 Å². The molecule has 0 aliphatic rings. The SMILES string of the molecule is CC(C)CC(C)(O)CNC(C)C(=O)O. The fraction of sp³-hybridized carbons (Fsp3) is 0.900. The number of rotatable bonds is 6. The molecule has 0 aliphatic carbocycles. The molecule has 3 N–H and O–H groups in total. The molecule has 0 saturated carbocycles. The Kier molecular flexibility index (Phi) is 5.08. The summed E-state index contributed by atoms with van der Waals surface area (Å²) in [5.74, 6) is -0.503. The number of carboxylic acid groups (broad SMARTS) is 1. The van der Waals surface area contributed by atoms with Crippen molar-refractivity contribution in [3.8, 4) is 0 Å². The molecule has 0 heterocycles. The summed E-state index contributed by atoms with van der Waals surface area (Å²) in [5, 5.41) is 21.3. The third kappa shape index (κ3) is 5.94. The summed E-state index contributed by atoms with van der Waals surface area (Å²) >= 11 is 0. The first-order chi connectivity index (χ1) is 6.24. The van der Waals surface area contributed by atoms with E-state index in [0.717, 1.165) is 0 Å². The number of carbonyl (C=O) groups is 1. The maximum Gasteiger partial charge on any atom is 0.320 e. The predicted molar refractivity (Wildman–Crippen MR) is 55.2 cm³/mol. The maximum absolute atomic E-state index is 10.5. The highest BCUT2D eigenvalue weighted by atomic mass is 16.4. The molecule has 2 atom stereocenters. The minimum atomic E-state index is -0.898. The van der Waals surface area contributed by atoms with Gasteiger partial charge in [-0.1, -0.05) is 13.8 Å². The summed E-state index contributed by atoms with van der Waals surface area (Å²) in [6.07, 6.45) is 0.659. The topological polar surface area (TPSA) is 69.6 Å². The zero-order valence-corrected chi connectivity index (χ0v) is 9.37. The first-order valence-electron chi connectivity index (χ1n) is 4.93. The van der Waals surface area contributed by atoms with Gasteiger partial charge in [0.2, 0.25) is 0 Å². The summed E-state index contributed by atoms with van der Waals surface area (Å²) in [4.78, 5) is 10.5. The standard InChI is InChI=1S/C10H21NO3/c1-7(2)5-10(4,14)6-11-8(3)9(12)13/h7-8,11,14H,5-6H2,1-4H3,(H,12,13). The molecule has 0 fully saturated rings. The molecular formula is C10H21NO3. The van der Waals surface area contributed by atoms with Crippen LogP contribution in [0.3, 0.4) is 0 Å². The third-order valence-electron chi connectivity index (χ3n) is 2.01. The summed E-state index contributed by atoms with van der Waals surface area (Å²) in [6.45, 7) is 7.63. The van der Waals surface area contributed by atoms with Crippen LogP contribution in [0.5, 0.6) is 0 Å². The van der Waals surface area contributed by atoms with Gasteiger partial charge in [-0.05, 0) is 26.2 Å². The number of nitrogens with one attached hydrogen (secondary N) is 1. The fourth-order valence-corrected chi connectivity index (χ4v) is 1.41. The smallest absolute Gasteiger partial charge is 0.320 e. The number of hydrogen-bond acceptors (Lipinski definition) is 3. The van der Waals surface area contributed by atoms with Crippen LogP contribution in [-0.2, 0) is 4.79 Å². The van der Waals surface area contributed by atoms with Crippen molar-refractivity contribution in [2.45, 2.75) is 45.8 Å². The van der Waals surface area contributed by atoms with Crippen molar-refractivity contribution in [3.63, 3.8) is 0 Å². The lowest BCUT2D eigenvalue weighted by Crippen LogP contribution is -2.45. The summed E-state index contributed by atoms with van der Waals surface area (Å²) in [5.41, 5.74) is -0.835. The van der Waals surface area contributed by atoms with Crippen molar-refractivity contribution in [2.24, 2.45) is 5.92 Å². The molecular weight excluding hydrogens is 182 g/mol. The first kappa shape index (κ1) is 13.4. The predicted octanol–water partition coefficient (Wildman–Crippen LogP) is 0.846. The molecule has 84 valence electrons. The third-order valence-corrected chi connectivity index (χ3v) is 2.01. The van der Waals surface area contributed by atoms with Crippen LogP contribution >= 0.6 is 0 Å². The second kappa shape index (κ2) is 5.32. The quantitative estimate of drug-likeness (QED) is 0.598. The van der Waals surface area contributed by atoms with Crippen molar-refractivity contribution in [3.05, 3.63) is 0 Å². The van der Waals surface area contributed by atoms with E-state index in [-0.39, 0.29) is 0 Å². The molecule has 4 nitrogen and oxygen atoms in total. The lowest BCUT2D eigenvalue weighted by atomic mass is 9.94. The second-order valence-electron chi connectivity index (χ2n) is 4.54. The van der Waals surface area contributed by atoms with E-state index in [4.69, 9.17) is 5.11 Å². The highest BCUT2D eigenvalue weighted by Gasteiger charge is 2.23. The summed E-state index contributed by atoms with van der Waals surface area (Å²) in [7, 11) is 0. The number of hydrogen-bond donors (Lipinski definition) is 3. The van der Waals surface area contributed by atoms with Gasteiger partial charge in [0, 0.05) is 6.54 Å². The number of carboxylic acids is 1. The van der Waals surface area contributed by atoms with Crippen LogP contribution in [0.25, 0.3) is 0 Å². The maximum atomic E-state index is 10.5. The molecule has 0 rings (SSSR count). The average Bonchev–Trinajstić information content (AvgIpc) is 1.97. The zero-order valence-electron chi connectivity index (χ0n) is 9.37. The van der Waals surface area contributed by atoms with Crippen LogP contribution in [0.1, 0.15) is 34.1 Å². The van der Waals surface area contributed by atoms with Crippen molar-refractivity contribution in [1.29, 1.82) is 0 Å². The zero-order chi connectivity index (χ0) is 11.4. The van der Waals surface area contributed by atoms with E-state index in [9.17, 15) is 9.90 Å². The van der Waals surface area contributed by atoms with Crippen LogP contribution in [-0.4, -0.2) is 34.4 Å². The van der Waals surface area contributed by atoms with Gasteiger partial charge >= 0.3 is 5.97 Å². The van der Waals surface area contributed by atoms with Gasteiger partial charge in [0.1, 0.15) is 6.04 Å². The Balaban J connectivity index is 3.92. The Morgan fingerprint density at radius 1 is 1.43 bits per heavy atom. The minimum absolute atomic E-state index is 0.304. The average molecular weight is 203 g/mol. The Labute approximate surface area is 85.3 Å². The molecule has 14 heavy (non-hydrogen) atoms. The van der Waals surface area contributed by atoms with E-state index < -0.39 is 17.6 Å². The molecule has 0 aromatic carbocycles. The largest absolute Gasteiger partial charge is 0.480 e. The first-order valence-corrected chi connectivity index (χ1v) is 4.93. The van der Waals surface area contributed by atoms with Crippen molar-refractivity contribution in [2.75, 3.05) is 6.54 Å². The Morgan fingerprint density at radius 3 is 2.29 bits per heavy atom. The molecule has 2 unspecified atom stereocenters. The van der Waals surface area contributed by atoms with Crippen LogP contribution in [0.15, 0.2) is 0 Å². The lowest BCUT2D eigenvalue weighted by Gasteiger charge is -2.26. The Bertz CT molecular complexity index is 190. The van der Waals surface area contributed by atoms with E-state index in [1.807, 2.05) is 13.8 Å². The normalized spacial score (nSPS) is 17.9. The Hall–Kier alpha value is -0.610. The monoisotopic (exact) mass is 203 g/mol. The van der Waals surface area contributed by atoms with Gasteiger partial charge in [0.25, 0.3) is 0 Å². The van der Waals surface area contributed by atoms with Gasteiger partial charge in [-0.3, -0.25) is 4.79 Å². The highest BCUT2D eigenvalue weighted by Crippen LogP contribution is 2.15. The summed E-state index contributed by atoms with van der Waals surface area (Å²) in [6, 6.07) is -0.617. The van der Waals surface area contributed by atoms with E-state index in [2.05, 4.69) is 5.32 Å². The molecule has 4 heteroatoms. The minimum Gasteiger partial charge on any atom is -0.480 e. The van der Waals surface area contributed by atoms with Crippen LogP contribution in [0, 0.1) is 5.92 Å². The summed E-state index contributed by atoms with van der Waals surface area (Å²) < 4.78 is 0. The highest BCUT2D eigenvalue weighted by molar-refractivity contribution is 5.72. The number of aliphatic hydroxyl groups is 1. The Morgan fingerprint density at radius 2 is 1.93 bits per heavy atom. The molecule has 0 bridgehead atoms. The van der Waals surface area contributed by atoms with Crippen LogP contribution in [0.4, 0.5) is 0 Å². The van der Waals surface area contributed by atoms with Gasteiger partial charge in [-0.2, -0.15) is 0 Å². The van der Waals surface area contributed by atoms with E-state index in [0.29, 0.717) is 18.9 Å². The number of aliphatic carboxylic acids is 1. The van der Waals surface area contributed by atoms with Gasteiger partial charge in [0.05, 0.1) is 5.60 Å². The van der Waals surface area contributed by atoms with Crippen molar-refractivity contribution in [1.82, 2.24) is 5.32 Å². The molecule has 0 aromatic rings. The molecule has 0 amide bonds. The van der Waals surface area contributed by atoms with Crippen LogP contribution in [0.2, 0.25) is 0 Å². The second-order valence-corrected chi connectivity index (χ2v) is 4.54. The van der Waals surface area contributed by atoms with Crippen molar-refractivity contribution >= 4 is 5.97 Å². The molecule has 0 aromatic heterocycles. The van der Waals surface area contributed by atoms with Gasteiger partial charge in [-0.25, -0.2) is 0 Å². The van der Waals surface area contributed by atoms with E-state index in [1.165, 1.54) is 0 Å². The van der Waals surface area contributed by atoms with E-state index in [1.54, 1.807) is 13.8 Å². The van der Waals surface area contributed by atoms with E-state index >= 15 is 0 Å². The lowest BCUT2D eigenvalue weighted by molar-refractivity contribution is -0.139. The fourth-order valence-electron chi connectivity index (χ4n) is 1.41. The molecule has 0 aliphatic heterocycles. The van der Waals surface area contributed by atoms with Gasteiger partial charge in [0.15, 0.2) is 0 Å². The van der Waals surface area contributed by atoms with Gasteiger partial charge in [-0.15, -0.1) is 0 Å². The molecule has 0 spiro atoms. The van der Waals surface area contributed by atoms with Gasteiger partial charge < -0.3 is 15.5 Å². The van der Waals surface area contributed by atoms with Crippen molar-refractivity contribution < 1.29 is 15.0 Å².